The number of aryl methyl sites for hydroxylation is 2. The van der Waals surface area contributed by atoms with E-state index in [4.69, 9.17) is 0 Å². The molecule has 0 spiro atoms. The van der Waals surface area contributed by atoms with Gasteiger partial charge in [0.1, 0.15) is 12.1 Å². The average Bonchev–Trinajstić information content (AvgIpc) is 3.38. The van der Waals surface area contributed by atoms with Crippen molar-refractivity contribution in [1.82, 2.24) is 30.5 Å². The van der Waals surface area contributed by atoms with Gasteiger partial charge in [-0.1, -0.05) is 24.3 Å². The molecule has 0 aliphatic rings. The first kappa shape index (κ1) is 23.6. The van der Waals surface area contributed by atoms with E-state index in [0.29, 0.717) is 33.5 Å². The van der Waals surface area contributed by atoms with Gasteiger partial charge < -0.3 is 15.6 Å². The van der Waals surface area contributed by atoms with Crippen LogP contribution in [0.1, 0.15) is 37.5 Å². The molecule has 0 aliphatic carbocycles. The lowest BCUT2D eigenvalue weighted by atomic mass is 10.0. The number of aromatic nitrogens is 5. The number of carbonyl (C=O) groups excluding carboxylic acids is 2. The highest BCUT2D eigenvalue weighted by Gasteiger charge is 2.14. The molecule has 5 rings (SSSR count). The minimum atomic E-state index is -0.337. The van der Waals surface area contributed by atoms with Crippen LogP contribution in [-0.2, 0) is 6.54 Å². The average molecular weight is 494 g/mol. The van der Waals surface area contributed by atoms with Gasteiger partial charge in [-0.05, 0) is 60.9 Å². The molecule has 4 N–H and O–H groups in total. The predicted octanol–water partition coefficient (Wildman–Crippen LogP) is 3.51. The van der Waals surface area contributed by atoms with Gasteiger partial charge in [-0.3, -0.25) is 19.5 Å². The number of H-pyrrole nitrogens is 2. The molecule has 0 fully saturated rings. The molecular weight excluding hydrogens is 470 g/mol. The summed E-state index contributed by atoms with van der Waals surface area (Å²) in [6, 6.07) is 16.0. The molecule has 0 saturated carbocycles. The fourth-order valence-corrected chi connectivity index (χ4v) is 4.10. The van der Waals surface area contributed by atoms with Gasteiger partial charge >= 0.3 is 0 Å². The quantitative estimate of drug-likeness (QED) is 0.285. The standard InChI is InChI=1S/C27H23N7O3/c1-15-9-16(2)32-27(37)21(15)12-28-25(35)19-7-3-5-17(10-19)18-6-4-8-20(11-18)26(36)33-23-22-13-31-34-24(22)30-14-29-23/h3-11,13-14H,12H2,1-2H3,(H,28,35)(H,32,37)(H2,29,30,31,33,34,36). The summed E-state index contributed by atoms with van der Waals surface area (Å²) in [6.07, 6.45) is 2.90. The van der Waals surface area contributed by atoms with Gasteiger partial charge in [0.15, 0.2) is 5.65 Å². The van der Waals surface area contributed by atoms with Crippen LogP contribution in [0.25, 0.3) is 22.2 Å². The second kappa shape index (κ2) is 9.86. The molecule has 0 atom stereocenters. The molecule has 184 valence electrons. The Morgan fingerprint density at radius 1 is 0.919 bits per heavy atom. The van der Waals surface area contributed by atoms with Crippen LogP contribution in [0.15, 0.2) is 71.9 Å². The molecule has 0 unspecified atom stereocenters. The van der Waals surface area contributed by atoms with Gasteiger partial charge in [-0.15, -0.1) is 0 Å². The Morgan fingerprint density at radius 2 is 1.62 bits per heavy atom. The number of aromatic amines is 2. The molecule has 0 saturated heterocycles. The van der Waals surface area contributed by atoms with E-state index in [9.17, 15) is 14.4 Å². The normalized spacial score (nSPS) is 10.9. The van der Waals surface area contributed by atoms with Gasteiger partial charge in [0, 0.05) is 28.9 Å². The van der Waals surface area contributed by atoms with Crippen molar-refractivity contribution < 1.29 is 9.59 Å². The SMILES string of the molecule is Cc1cc(C)c(CNC(=O)c2cccc(-c3cccc(C(=O)Nc4ncnc5[nH]ncc45)c3)c2)c(=O)[nH]1. The van der Waals surface area contributed by atoms with Crippen LogP contribution in [-0.4, -0.2) is 37.0 Å². The molecule has 2 amide bonds. The number of anilines is 1. The topological polar surface area (TPSA) is 146 Å². The number of fused-ring (bicyclic) bond motifs is 1. The zero-order valence-corrected chi connectivity index (χ0v) is 20.1. The third-order valence-corrected chi connectivity index (χ3v) is 5.98. The minimum absolute atomic E-state index is 0.118. The van der Waals surface area contributed by atoms with Crippen molar-refractivity contribution in [3.63, 3.8) is 0 Å². The lowest BCUT2D eigenvalue weighted by Crippen LogP contribution is -2.27. The Bertz CT molecular complexity index is 1700. The van der Waals surface area contributed by atoms with E-state index in [1.54, 1.807) is 42.6 Å². The second-order valence-corrected chi connectivity index (χ2v) is 8.60. The Labute approximate surface area is 211 Å². The van der Waals surface area contributed by atoms with Crippen LogP contribution in [0, 0.1) is 13.8 Å². The first-order chi connectivity index (χ1) is 17.9. The lowest BCUT2D eigenvalue weighted by molar-refractivity contribution is 0.0950. The van der Waals surface area contributed by atoms with E-state index >= 15 is 0 Å². The smallest absolute Gasteiger partial charge is 0.256 e. The van der Waals surface area contributed by atoms with Crippen molar-refractivity contribution in [1.29, 1.82) is 0 Å². The Balaban J connectivity index is 1.33. The van der Waals surface area contributed by atoms with E-state index in [2.05, 4.69) is 35.8 Å². The summed E-state index contributed by atoms with van der Waals surface area (Å²) < 4.78 is 0. The Kier molecular flexibility index (Phi) is 6.29. The molecule has 37 heavy (non-hydrogen) atoms. The number of carbonyl (C=O) groups is 2. The number of nitrogens with one attached hydrogen (secondary N) is 4. The highest BCUT2D eigenvalue weighted by Crippen LogP contribution is 2.23. The lowest BCUT2D eigenvalue weighted by Gasteiger charge is -2.10. The van der Waals surface area contributed by atoms with E-state index in [1.807, 2.05) is 32.0 Å². The first-order valence-electron chi connectivity index (χ1n) is 11.5. The van der Waals surface area contributed by atoms with Crippen molar-refractivity contribution in [3.05, 3.63) is 105 Å². The van der Waals surface area contributed by atoms with Gasteiger partial charge in [-0.25, -0.2) is 9.97 Å². The zero-order chi connectivity index (χ0) is 25.9. The molecule has 3 aromatic heterocycles. The number of rotatable bonds is 6. The molecule has 0 radical (unpaired) electrons. The van der Waals surface area contributed by atoms with Crippen molar-refractivity contribution in [2.45, 2.75) is 20.4 Å². The Hall–Kier alpha value is -5.12. The number of amides is 2. The maximum Gasteiger partial charge on any atom is 0.256 e. The van der Waals surface area contributed by atoms with E-state index < -0.39 is 0 Å². The number of benzene rings is 2. The summed E-state index contributed by atoms with van der Waals surface area (Å²) in [5.41, 5.74) is 4.83. The third kappa shape index (κ3) is 4.98. The van der Waals surface area contributed by atoms with Crippen LogP contribution in [0.5, 0.6) is 0 Å². The van der Waals surface area contributed by atoms with Crippen molar-refractivity contribution in [3.8, 4) is 11.1 Å². The van der Waals surface area contributed by atoms with Gasteiger partial charge in [0.25, 0.3) is 17.4 Å². The second-order valence-electron chi connectivity index (χ2n) is 8.60. The van der Waals surface area contributed by atoms with Crippen LogP contribution in [0.4, 0.5) is 5.82 Å². The Morgan fingerprint density at radius 3 is 2.32 bits per heavy atom. The van der Waals surface area contributed by atoms with Gasteiger partial charge in [0.05, 0.1) is 11.6 Å². The van der Waals surface area contributed by atoms with Crippen molar-refractivity contribution >= 4 is 28.7 Å². The fraction of sp³-hybridized carbons (Fsp3) is 0.111. The molecule has 10 heteroatoms. The highest BCUT2D eigenvalue weighted by atomic mass is 16.2. The molecule has 0 aliphatic heterocycles. The summed E-state index contributed by atoms with van der Waals surface area (Å²) in [4.78, 5) is 49.0. The first-order valence-corrected chi connectivity index (χ1v) is 11.5. The molecule has 10 nitrogen and oxygen atoms in total. The number of hydrogen-bond acceptors (Lipinski definition) is 6. The van der Waals surface area contributed by atoms with E-state index in [-0.39, 0.29) is 23.9 Å². The summed E-state index contributed by atoms with van der Waals surface area (Å²) in [5.74, 6) is -0.283. The van der Waals surface area contributed by atoms with Gasteiger partial charge in [0.2, 0.25) is 0 Å². The number of hydrogen-bond donors (Lipinski definition) is 4. The van der Waals surface area contributed by atoms with Crippen LogP contribution >= 0.6 is 0 Å². The zero-order valence-electron chi connectivity index (χ0n) is 20.1. The molecule has 0 bridgehead atoms. The summed E-state index contributed by atoms with van der Waals surface area (Å²) in [6.45, 7) is 3.78. The monoisotopic (exact) mass is 493 g/mol. The predicted molar refractivity (Wildman–Crippen MR) is 139 cm³/mol. The highest BCUT2D eigenvalue weighted by molar-refractivity contribution is 6.07. The largest absolute Gasteiger partial charge is 0.348 e. The molecule has 3 heterocycles. The summed E-state index contributed by atoms with van der Waals surface area (Å²) >= 11 is 0. The van der Waals surface area contributed by atoms with Crippen LogP contribution in [0.2, 0.25) is 0 Å². The molecule has 2 aromatic carbocycles. The maximum absolute atomic E-state index is 12.9. The summed E-state index contributed by atoms with van der Waals surface area (Å²) in [5, 5.41) is 12.9. The van der Waals surface area contributed by atoms with E-state index in [0.717, 1.165) is 22.4 Å². The van der Waals surface area contributed by atoms with Crippen molar-refractivity contribution in [2.24, 2.45) is 0 Å². The fourth-order valence-electron chi connectivity index (χ4n) is 4.10. The number of pyridine rings is 1. The number of nitrogens with zero attached hydrogens (tertiary/aromatic N) is 3. The van der Waals surface area contributed by atoms with E-state index in [1.165, 1.54) is 6.33 Å². The van der Waals surface area contributed by atoms with Crippen LogP contribution in [0.3, 0.4) is 0 Å². The summed E-state index contributed by atoms with van der Waals surface area (Å²) in [7, 11) is 0. The molecule has 5 aromatic rings. The van der Waals surface area contributed by atoms with Crippen molar-refractivity contribution in [2.75, 3.05) is 5.32 Å². The third-order valence-electron chi connectivity index (χ3n) is 5.98. The maximum atomic E-state index is 12.9. The van der Waals surface area contributed by atoms with Crippen LogP contribution < -0.4 is 16.2 Å². The van der Waals surface area contributed by atoms with Gasteiger partial charge in [-0.2, -0.15) is 5.10 Å². The molecular formula is C27H23N7O3. The minimum Gasteiger partial charge on any atom is -0.348 e.